The van der Waals surface area contributed by atoms with Gasteiger partial charge in [-0.05, 0) is 60.9 Å². The number of anilines is 1. The molecule has 0 fully saturated rings. The first-order valence-electron chi connectivity index (χ1n) is 11.3. The summed E-state index contributed by atoms with van der Waals surface area (Å²) in [5, 5.41) is 3.24. The Morgan fingerprint density at radius 1 is 1.08 bits per heavy atom. The van der Waals surface area contributed by atoms with Crippen molar-refractivity contribution in [3.8, 4) is 0 Å². The molecule has 10 heteroatoms. The van der Waals surface area contributed by atoms with Gasteiger partial charge in [0.2, 0.25) is 15.9 Å². The highest BCUT2D eigenvalue weighted by atomic mass is 32.2. The first-order chi connectivity index (χ1) is 17.3. The van der Waals surface area contributed by atoms with Gasteiger partial charge in [0, 0.05) is 11.4 Å². The maximum atomic E-state index is 13.4. The van der Waals surface area contributed by atoms with Crippen LogP contribution in [0.3, 0.4) is 0 Å². The molecule has 0 aliphatic carbocycles. The lowest BCUT2D eigenvalue weighted by atomic mass is 10.0. The Morgan fingerprint density at radius 3 is 2.61 bits per heavy atom. The number of fused-ring (bicyclic) bond motifs is 1. The summed E-state index contributed by atoms with van der Waals surface area (Å²) in [7, 11) is -3.96. The number of carbonyl (C=O) groups is 1. The van der Waals surface area contributed by atoms with E-state index in [0.29, 0.717) is 22.8 Å². The molecule has 8 nitrogen and oxygen atoms in total. The molecule has 0 spiro atoms. The Kier molecular flexibility index (Phi) is 7.80. The third-order valence-electron chi connectivity index (χ3n) is 5.53. The SMILES string of the molecule is C/C=C(\N)c1cccc(CC(NS(=O)(=O)c2cccc(NC(=O)CN)c2)c2nc3ccccc3s2)c1. The van der Waals surface area contributed by atoms with Crippen LogP contribution >= 0.6 is 11.3 Å². The molecule has 1 unspecified atom stereocenters. The molecule has 1 aromatic heterocycles. The maximum absolute atomic E-state index is 13.4. The third kappa shape index (κ3) is 5.97. The van der Waals surface area contributed by atoms with Gasteiger partial charge >= 0.3 is 0 Å². The van der Waals surface area contributed by atoms with Gasteiger partial charge in [0.1, 0.15) is 5.01 Å². The smallest absolute Gasteiger partial charge is 0.241 e. The van der Waals surface area contributed by atoms with Gasteiger partial charge in [0.05, 0.1) is 27.7 Å². The van der Waals surface area contributed by atoms with Gasteiger partial charge in [-0.1, -0.05) is 42.5 Å². The molecule has 6 N–H and O–H groups in total. The summed E-state index contributed by atoms with van der Waals surface area (Å²) in [4.78, 5) is 16.4. The van der Waals surface area contributed by atoms with E-state index in [1.807, 2.05) is 61.5 Å². The average molecular weight is 522 g/mol. The molecule has 186 valence electrons. The highest BCUT2D eigenvalue weighted by molar-refractivity contribution is 7.89. The van der Waals surface area contributed by atoms with E-state index in [4.69, 9.17) is 16.5 Å². The first kappa shape index (κ1) is 25.5. The number of hydrogen-bond donors (Lipinski definition) is 4. The van der Waals surface area contributed by atoms with Crippen molar-refractivity contribution in [1.82, 2.24) is 9.71 Å². The van der Waals surface area contributed by atoms with E-state index < -0.39 is 22.0 Å². The number of rotatable bonds is 9. The fourth-order valence-corrected chi connectivity index (χ4v) is 6.05. The Balaban J connectivity index is 1.70. The lowest BCUT2D eigenvalue weighted by Gasteiger charge is -2.18. The first-order valence-corrected chi connectivity index (χ1v) is 13.6. The minimum absolute atomic E-state index is 0.0235. The lowest BCUT2D eigenvalue weighted by molar-refractivity contribution is -0.114. The van der Waals surface area contributed by atoms with E-state index in [1.165, 1.54) is 23.5 Å². The molecule has 0 aliphatic rings. The van der Waals surface area contributed by atoms with Crippen molar-refractivity contribution in [2.75, 3.05) is 11.9 Å². The molecule has 3 aromatic carbocycles. The second-order valence-electron chi connectivity index (χ2n) is 8.12. The van der Waals surface area contributed by atoms with Crippen LogP contribution in [-0.2, 0) is 21.2 Å². The van der Waals surface area contributed by atoms with Crippen LogP contribution in [-0.4, -0.2) is 25.9 Å². The number of carbonyl (C=O) groups excluding carboxylic acids is 1. The molecule has 0 saturated heterocycles. The molecule has 1 heterocycles. The minimum Gasteiger partial charge on any atom is -0.399 e. The predicted octanol–water partition coefficient (Wildman–Crippen LogP) is 3.78. The van der Waals surface area contributed by atoms with E-state index in [-0.39, 0.29) is 11.4 Å². The number of nitrogens with zero attached hydrogens (tertiary/aromatic N) is 1. The summed E-state index contributed by atoms with van der Waals surface area (Å²) in [6.07, 6.45) is 2.19. The van der Waals surface area contributed by atoms with Crippen LogP contribution in [0.4, 0.5) is 5.69 Å². The van der Waals surface area contributed by atoms with Crippen molar-refractivity contribution >= 4 is 48.9 Å². The number of amides is 1. The van der Waals surface area contributed by atoms with Crippen molar-refractivity contribution in [2.24, 2.45) is 11.5 Å². The predicted molar refractivity (Wildman–Crippen MR) is 145 cm³/mol. The molecule has 1 amide bonds. The van der Waals surface area contributed by atoms with Gasteiger partial charge in [-0.25, -0.2) is 18.1 Å². The average Bonchev–Trinajstić information content (AvgIpc) is 3.32. The topological polar surface area (TPSA) is 140 Å². The maximum Gasteiger partial charge on any atom is 0.241 e. The summed E-state index contributed by atoms with van der Waals surface area (Å²) in [6, 6.07) is 20.8. The Hall–Kier alpha value is -3.57. The fourth-order valence-electron chi connectivity index (χ4n) is 3.71. The largest absolute Gasteiger partial charge is 0.399 e. The van der Waals surface area contributed by atoms with Crippen LogP contribution in [0.2, 0.25) is 0 Å². The highest BCUT2D eigenvalue weighted by Gasteiger charge is 2.25. The molecular weight excluding hydrogens is 494 g/mol. The Morgan fingerprint density at radius 2 is 1.86 bits per heavy atom. The van der Waals surface area contributed by atoms with Crippen molar-refractivity contribution < 1.29 is 13.2 Å². The number of para-hydroxylation sites is 1. The second kappa shape index (κ2) is 11.0. The molecule has 4 rings (SSSR count). The number of sulfonamides is 1. The van der Waals surface area contributed by atoms with Crippen molar-refractivity contribution in [3.63, 3.8) is 0 Å². The van der Waals surface area contributed by atoms with E-state index in [2.05, 4.69) is 10.0 Å². The number of thiazole rings is 1. The highest BCUT2D eigenvalue weighted by Crippen LogP contribution is 2.30. The van der Waals surface area contributed by atoms with Crippen molar-refractivity contribution in [2.45, 2.75) is 24.3 Å². The zero-order chi connectivity index (χ0) is 25.7. The van der Waals surface area contributed by atoms with Crippen LogP contribution in [0.25, 0.3) is 15.9 Å². The molecule has 1 atom stereocenters. The van der Waals surface area contributed by atoms with Crippen LogP contribution < -0.4 is 21.5 Å². The molecular formula is C26H27N5O3S2. The van der Waals surface area contributed by atoms with Crippen molar-refractivity contribution in [1.29, 1.82) is 0 Å². The molecule has 4 aromatic rings. The third-order valence-corrected chi connectivity index (χ3v) is 8.15. The van der Waals surface area contributed by atoms with Crippen LogP contribution in [0.15, 0.2) is 83.8 Å². The number of nitrogens with one attached hydrogen (secondary N) is 2. The number of aromatic nitrogens is 1. The van der Waals surface area contributed by atoms with Crippen LogP contribution in [0.5, 0.6) is 0 Å². The lowest BCUT2D eigenvalue weighted by Crippen LogP contribution is -2.30. The minimum atomic E-state index is -3.96. The van der Waals surface area contributed by atoms with Gasteiger partial charge < -0.3 is 16.8 Å². The summed E-state index contributed by atoms with van der Waals surface area (Å²) in [5.74, 6) is -0.412. The van der Waals surface area contributed by atoms with Gasteiger partial charge in [-0.2, -0.15) is 0 Å². The van der Waals surface area contributed by atoms with Crippen molar-refractivity contribution in [3.05, 3.63) is 95.0 Å². The van der Waals surface area contributed by atoms with Gasteiger partial charge in [-0.15, -0.1) is 11.3 Å². The normalized spacial score (nSPS) is 13.0. The van der Waals surface area contributed by atoms with E-state index >= 15 is 0 Å². The Labute approximate surface area is 214 Å². The zero-order valence-electron chi connectivity index (χ0n) is 19.6. The van der Waals surface area contributed by atoms with E-state index in [0.717, 1.165) is 21.3 Å². The standard InChI is InChI=1S/C26H27N5O3S2/c1-2-21(28)18-8-5-7-17(13-18)14-23(26-30-22-11-3-4-12-24(22)35-26)31-36(33,34)20-10-6-9-19(15-20)29-25(32)16-27/h2-13,15,23,31H,14,16,27-28H2,1H3,(H,29,32)/b21-2-. The summed E-state index contributed by atoms with van der Waals surface area (Å²) in [6.45, 7) is 1.66. The van der Waals surface area contributed by atoms with Crippen LogP contribution in [0.1, 0.15) is 29.1 Å². The van der Waals surface area contributed by atoms with E-state index in [9.17, 15) is 13.2 Å². The number of nitrogens with two attached hydrogens (primary N) is 2. The molecule has 0 radical (unpaired) electrons. The zero-order valence-corrected chi connectivity index (χ0v) is 21.3. The van der Waals surface area contributed by atoms with Crippen LogP contribution in [0, 0.1) is 0 Å². The van der Waals surface area contributed by atoms with E-state index in [1.54, 1.807) is 12.1 Å². The molecule has 0 bridgehead atoms. The summed E-state index contributed by atoms with van der Waals surface area (Å²) in [5.41, 5.74) is 15.0. The molecule has 0 aliphatic heterocycles. The number of hydrogen-bond acceptors (Lipinski definition) is 7. The summed E-state index contributed by atoms with van der Waals surface area (Å²) >= 11 is 1.45. The monoisotopic (exact) mass is 521 g/mol. The fraction of sp³-hybridized carbons (Fsp3) is 0.154. The second-order valence-corrected chi connectivity index (χ2v) is 10.9. The van der Waals surface area contributed by atoms with Gasteiger partial charge in [0.25, 0.3) is 0 Å². The number of benzene rings is 3. The van der Waals surface area contributed by atoms with Gasteiger partial charge in [0.15, 0.2) is 0 Å². The molecule has 0 saturated carbocycles. The molecule has 36 heavy (non-hydrogen) atoms. The quantitative estimate of drug-likeness (QED) is 0.264. The Bertz CT molecular complexity index is 1500. The van der Waals surface area contributed by atoms with Gasteiger partial charge in [-0.3, -0.25) is 4.79 Å². The summed E-state index contributed by atoms with van der Waals surface area (Å²) < 4.78 is 30.7. The number of allylic oxidation sites excluding steroid dienone is 1.